The molecule has 17 nitrogen and oxygen atoms in total. The highest BCUT2D eigenvalue weighted by atomic mass is 31.2. The van der Waals surface area contributed by atoms with E-state index in [9.17, 15) is 43.2 Å². The van der Waals surface area contributed by atoms with Crippen LogP contribution in [0, 0.1) is 5.92 Å². The minimum Gasteiger partial charge on any atom is -0.462 e. The molecule has 0 aliphatic carbocycles. The number of aliphatic hydroxyl groups excluding tert-OH is 1. The quantitative estimate of drug-likeness (QED) is 0.0222. The molecule has 0 aliphatic heterocycles. The lowest BCUT2D eigenvalue weighted by molar-refractivity contribution is -0.161. The molecule has 0 saturated carbocycles. The van der Waals surface area contributed by atoms with Crippen molar-refractivity contribution in [2.75, 3.05) is 39.6 Å². The number of unbranched alkanes of at least 4 members (excludes halogenated alkanes) is 55. The van der Waals surface area contributed by atoms with Gasteiger partial charge in [-0.2, -0.15) is 0 Å². The first kappa shape index (κ1) is 101. The highest BCUT2D eigenvalue weighted by Gasteiger charge is 2.30. The predicted molar refractivity (Wildman–Crippen MR) is 423 cm³/mol. The standard InChI is InChI=1S/C84H164O17P2/c1-6-10-13-16-19-22-25-27-29-31-33-35-37-39-41-43-45-48-54-59-64-69-83(88)100-79(73-95-82(87)68-63-58-53-47-44-42-40-38-36-34-32-30-28-26-23-20-17-14-11-7-2)75-98-102(90,91)96-71-78(85)72-97-103(92,93)99-76-80(74-94-81(86)67-62-57-52-46-24-21-18-15-12-8-3)101-84(89)70-65-60-55-50-49-51-56-61-66-77(5)9-4/h77-80,85H,6-76H2,1-5H3,(H,90,91)(H,92,93)/t77?,78-,79-,80-/m1/s1. The van der Waals surface area contributed by atoms with Crippen LogP contribution >= 0.6 is 15.6 Å². The van der Waals surface area contributed by atoms with Crippen molar-refractivity contribution in [3.05, 3.63) is 0 Å². The second-order valence-corrected chi connectivity index (χ2v) is 33.4. The Bertz CT molecular complexity index is 1960. The van der Waals surface area contributed by atoms with Crippen molar-refractivity contribution in [3.8, 4) is 0 Å². The second kappa shape index (κ2) is 76.8. The summed E-state index contributed by atoms with van der Waals surface area (Å²) in [7, 11) is -9.92. The first-order valence-corrected chi connectivity index (χ1v) is 46.7. The fourth-order valence-electron chi connectivity index (χ4n) is 13.1. The lowest BCUT2D eigenvalue weighted by Gasteiger charge is -2.21. The molecule has 0 aliphatic rings. The molecule has 3 unspecified atom stereocenters. The van der Waals surface area contributed by atoms with Crippen LogP contribution < -0.4 is 0 Å². The maximum atomic E-state index is 13.1. The molecule has 0 spiro atoms. The number of phosphoric acid groups is 2. The molecule has 612 valence electrons. The van der Waals surface area contributed by atoms with Gasteiger partial charge in [-0.3, -0.25) is 37.3 Å². The number of esters is 4. The Balaban J connectivity index is 5.20. The van der Waals surface area contributed by atoms with E-state index >= 15 is 0 Å². The fraction of sp³-hybridized carbons (Fsp3) is 0.952. The van der Waals surface area contributed by atoms with Crippen LogP contribution in [-0.4, -0.2) is 96.7 Å². The maximum absolute atomic E-state index is 13.1. The van der Waals surface area contributed by atoms with Gasteiger partial charge in [0.2, 0.25) is 0 Å². The summed E-state index contributed by atoms with van der Waals surface area (Å²) in [6.07, 6.45) is 69.5. The third-order valence-corrected chi connectivity index (χ3v) is 22.0. The Kier molecular flexibility index (Phi) is 75.4. The van der Waals surface area contributed by atoms with Crippen LogP contribution in [0.3, 0.4) is 0 Å². The average Bonchev–Trinajstić information content (AvgIpc) is 0.920. The van der Waals surface area contributed by atoms with Gasteiger partial charge in [0.25, 0.3) is 0 Å². The lowest BCUT2D eigenvalue weighted by atomic mass is 9.99. The first-order chi connectivity index (χ1) is 50.1. The Morgan fingerprint density at radius 3 is 0.689 bits per heavy atom. The fourth-order valence-corrected chi connectivity index (χ4v) is 14.7. The molecule has 0 rings (SSSR count). The minimum absolute atomic E-state index is 0.106. The van der Waals surface area contributed by atoms with E-state index in [0.717, 1.165) is 95.8 Å². The van der Waals surface area contributed by atoms with E-state index < -0.39 is 97.5 Å². The van der Waals surface area contributed by atoms with Crippen LogP contribution in [0.2, 0.25) is 0 Å². The third-order valence-electron chi connectivity index (χ3n) is 20.1. The second-order valence-electron chi connectivity index (χ2n) is 30.5. The van der Waals surface area contributed by atoms with Crippen LogP contribution in [-0.2, 0) is 65.4 Å². The molecule has 0 aromatic carbocycles. The summed E-state index contributed by atoms with van der Waals surface area (Å²) in [5, 5.41) is 10.7. The van der Waals surface area contributed by atoms with E-state index in [-0.39, 0.29) is 25.7 Å². The number of hydrogen-bond donors (Lipinski definition) is 3. The van der Waals surface area contributed by atoms with Gasteiger partial charge in [-0.05, 0) is 31.6 Å². The molecule has 103 heavy (non-hydrogen) atoms. The van der Waals surface area contributed by atoms with Crippen LogP contribution in [0.4, 0.5) is 0 Å². The van der Waals surface area contributed by atoms with Crippen LogP contribution in [0.1, 0.15) is 452 Å². The number of rotatable bonds is 84. The normalized spacial score (nSPS) is 14.1. The van der Waals surface area contributed by atoms with Crippen molar-refractivity contribution >= 4 is 39.5 Å². The molecule has 0 amide bonds. The number of aliphatic hydroxyl groups is 1. The zero-order valence-electron chi connectivity index (χ0n) is 67.5. The summed E-state index contributed by atoms with van der Waals surface area (Å²) in [5.74, 6) is -1.34. The zero-order chi connectivity index (χ0) is 75.5. The van der Waals surface area contributed by atoms with Gasteiger partial charge in [-0.25, -0.2) is 9.13 Å². The molecular formula is C84H164O17P2. The van der Waals surface area contributed by atoms with E-state index in [1.165, 1.54) is 276 Å². The van der Waals surface area contributed by atoms with E-state index in [4.69, 9.17) is 37.0 Å². The molecule has 0 heterocycles. The smallest absolute Gasteiger partial charge is 0.462 e. The molecule has 0 fully saturated rings. The third kappa shape index (κ3) is 76.6. The molecule has 0 radical (unpaired) electrons. The summed E-state index contributed by atoms with van der Waals surface area (Å²) in [6, 6.07) is 0. The summed E-state index contributed by atoms with van der Waals surface area (Å²) in [6.45, 7) is 7.33. The van der Waals surface area contributed by atoms with Crippen LogP contribution in [0.5, 0.6) is 0 Å². The van der Waals surface area contributed by atoms with Crippen molar-refractivity contribution in [2.45, 2.75) is 470 Å². The predicted octanol–water partition coefficient (Wildman–Crippen LogP) is 25.6. The average molecular weight is 1510 g/mol. The number of ether oxygens (including phenoxy) is 4. The maximum Gasteiger partial charge on any atom is 0.472 e. The van der Waals surface area contributed by atoms with Gasteiger partial charge in [0.1, 0.15) is 19.3 Å². The minimum atomic E-state index is -4.96. The summed E-state index contributed by atoms with van der Waals surface area (Å²) in [4.78, 5) is 73.1. The van der Waals surface area contributed by atoms with E-state index in [1.807, 2.05) is 0 Å². The molecular weight excluding hydrogens is 1340 g/mol. The van der Waals surface area contributed by atoms with Crippen molar-refractivity contribution in [1.82, 2.24) is 0 Å². The monoisotopic (exact) mass is 1510 g/mol. The van der Waals surface area contributed by atoms with Gasteiger partial charge in [0, 0.05) is 25.7 Å². The van der Waals surface area contributed by atoms with Crippen LogP contribution in [0.25, 0.3) is 0 Å². The van der Waals surface area contributed by atoms with Gasteiger partial charge >= 0.3 is 39.5 Å². The van der Waals surface area contributed by atoms with Gasteiger partial charge in [0.15, 0.2) is 12.2 Å². The van der Waals surface area contributed by atoms with Gasteiger partial charge in [-0.1, -0.05) is 401 Å². The van der Waals surface area contributed by atoms with Crippen molar-refractivity contribution in [3.63, 3.8) is 0 Å². The van der Waals surface area contributed by atoms with E-state index in [2.05, 4.69) is 34.6 Å². The zero-order valence-corrected chi connectivity index (χ0v) is 69.3. The lowest BCUT2D eigenvalue weighted by Crippen LogP contribution is -2.30. The number of hydrogen-bond acceptors (Lipinski definition) is 15. The highest BCUT2D eigenvalue weighted by molar-refractivity contribution is 7.47. The van der Waals surface area contributed by atoms with E-state index in [1.54, 1.807) is 0 Å². The highest BCUT2D eigenvalue weighted by Crippen LogP contribution is 2.45. The molecule has 0 bridgehead atoms. The van der Waals surface area contributed by atoms with Crippen molar-refractivity contribution in [2.24, 2.45) is 5.92 Å². The molecule has 19 heteroatoms. The van der Waals surface area contributed by atoms with Gasteiger partial charge < -0.3 is 33.8 Å². The Hall–Kier alpha value is -1.94. The number of phosphoric ester groups is 2. The van der Waals surface area contributed by atoms with E-state index in [0.29, 0.717) is 25.7 Å². The summed E-state index contributed by atoms with van der Waals surface area (Å²) < 4.78 is 68.8. The Morgan fingerprint density at radius 2 is 0.466 bits per heavy atom. The molecule has 0 saturated heterocycles. The molecule has 6 atom stereocenters. The van der Waals surface area contributed by atoms with Gasteiger partial charge in [-0.15, -0.1) is 0 Å². The Labute approximate surface area is 632 Å². The van der Waals surface area contributed by atoms with Crippen molar-refractivity contribution in [1.29, 1.82) is 0 Å². The molecule has 0 aromatic rings. The molecule has 0 aromatic heterocycles. The SMILES string of the molecule is CCCCCCCCCCCCCCCCCCCCCCCC(=O)O[C@H](COC(=O)CCCCCCCCCCCCCCCCCCCCCC)COP(=O)(O)OC[C@@H](O)COP(=O)(O)OC[C@@H](COC(=O)CCCCCCCCCCCC)OC(=O)CCCCCCCCCCC(C)CC. The summed E-state index contributed by atoms with van der Waals surface area (Å²) in [5.41, 5.74) is 0. The molecule has 3 N–H and O–H groups in total. The first-order valence-electron chi connectivity index (χ1n) is 43.7. The largest absolute Gasteiger partial charge is 0.472 e. The van der Waals surface area contributed by atoms with Crippen LogP contribution in [0.15, 0.2) is 0 Å². The topological polar surface area (TPSA) is 237 Å². The summed E-state index contributed by atoms with van der Waals surface area (Å²) >= 11 is 0. The van der Waals surface area contributed by atoms with Gasteiger partial charge in [0.05, 0.1) is 26.4 Å². The van der Waals surface area contributed by atoms with Crippen molar-refractivity contribution < 1.29 is 80.2 Å². The number of carbonyl (C=O) groups is 4. The number of carbonyl (C=O) groups excluding carboxylic acids is 4. The Morgan fingerprint density at radius 1 is 0.272 bits per heavy atom.